The van der Waals surface area contributed by atoms with Gasteiger partial charge in [-0.1, -0.05) is 0 Å². The molecular formula is C14H18N4O. The van der Waals surface area contributed by atoms with Gasteiger partial charge < -0.3 is 10.2 Å². The second-order valence-corrected chi connectivity index (χ2v) is 5.76. The van der Waals surface area contributed by atoms with Crippen molar-refractivity contribution in [3.63, 3.8) is 0 Å². The number of carbonyl (C=O) groups is 1. The monoisotopic (exact) mass is 258 g/mol. The lowest BCUT2D eigenvalue weighted by molar-refractivity contribution is -0.131. The molecule has 1 fully saturated rings. The van der Waals surface area contributed by atoms with E-state index in [2.05, 4.69) is 10.3 Å². The minimum Gasteiger partial charge on any atom is -0.379 e. The number of pyridine rings is 1. The normalized spacial score (nSPS) is 19.4. The molecule has 100 valence electrons. The number of amides is 1. The highest BCUT2D eigenvalue weighted by Crippen LogP contribution is 2.23. The molecule has 2 rings (SSSR count). The minimum atomic E-state index is -0.142. The standard InChI is InChI=1S/C14H18N4O/c1-14(2,3)18-9-12(6-13(18)19)17-11-5-4-10(7-15)16-8-11/h4-5,8,12,17H,6,9H2,1-3H3. The first-order chi connectivity index (χ1) is 8.90. The highest BCUT2D eigenvalue weighted by molar-refractivity contribution is 5.80. The summed E-state index contributed by atoms with van der Waals surface area (Å²) >= 11 is 0. The number of nitrogens with zero attached hydrogens (tertiary/aromatic N) is 3. The third kappa shape index (κ3) is 3.02. The second kappa shape index (κ2) is 4.88. The quantitative estimate of drug-likeness (QED) is 0.877. The summed E-state index contributed by atoms with van der Waals surface area (Å²) in [5, 5.41) is 12.0. The molecule has 2 heterocycles. The van der Waals surface area contributed by atoms with E-state index in [0.29, 0.717) is 18.7 Å². The number of nitriles is 1. The van der Waals surface area contributed by atoms with E-state index in [0.717, 1.165) is 5.69 Å². The maximum Gasteiger partial charge on any atom is 0.225 e. The maximum atomic E-state index is 11.9. The van der Waals surface area contributed by atoms with E-state index in [1.165, 1.54) is 0 Å². The van der Waals surface area contributed by atoms with Gasteiger partial charge in [0, 0.05) is 18.5 Å². The van der Waals surface area contributed by atoms with Crippen LogP contribution >= 0.6 is 0 Å². The molecule has 5 heteroatoms. The Kier molecular flexibility index (Phi) is 3.43. The van der Waals surface area contributed by atoms with E-state index >= 15 is 0 Å². The molecule has 0 spiro atoms. The molecule has 1 amide bonds. The Morgan fingerprint density at radius 2 is 2.21 bits per heavy atom. The number of hydrogen-bond donors (Lipinski definition) is 1. The van der Waals surface area contributed by atoms with Gasteiger partial charge in [-0.15, -0.1) is 0 Å². The average Bonchev–Trinajstić information content (AvgIpc) is 2.71. The SMILES string of the molecule is CC(C)(C)N1CC(Nc2ccc(C#N)nc2)CC1=O. The Hall–Kier alpha value is -2.09. The van der Waals surface area contributed by atoms with Gasteiger partial charge in [-0.2, -0.15) is 5.26 Å². The first-order valence-corrected chi connectivity index (χ1v) is 6.33. The highest BCUT2D eigenvalue weighted by atomic mass is 16.2. The van der Waals surface area contributed by atoms with Gasteiger partial charge in [0.05, 0.1) is 17.9 Å². The number of anilines is 1. The molecule has 0 radical (unpaired) electrons. The van der Waals surface area contributed by atoms with Crippen LogP contribution in [0.4, 0.5) is 5.69 Å². The van der Waals surface area contributed by atoms with Crippen molar-refractivity contribution in [3.8, 4) is 6.07 Å². The summed E-state index contributed by atoms with van der Waals surface area (Å²) in [6.45, 7) is 6.81. The average molecular weight is 258 g/mol. The van der Waals surface area contributed by atoms with E-state index < -0.39 is 0 Å². The van der Waals surface area contributed by atoms with Crippen LogP contribution in [-0.4, -0.2) is 33.9 Å². The molecule has 0 aliphatic carbocycles. The van der Waals surface area contributed by atoms with Gasteiger partial charge in [0.1, 0.15) is 11.8 Å². The first-order valence-electron chi connectivity index (χ1n) is 6.33. The van der Waals surface area contributed by atoms with Crippen molar-refractivity contribution in [1.82, 2.24) is 9.88 Å². The summed E-state index contributed by atoms with van der Waals surface area (Å²) in [5.74, 6) is 0.173. The Morgan fingerprint density at radius 1 is 1.47 bits per heavy atom. The van der Waals surface area contributed by atoms with E-state index in [9.17, 15) is 4.79 Å². The third-order valence-corrected chi connectivity index (χ3v) is 3.18. The smallest absolute Gasteiger partial charge is 0.225 e. The van der Waals surface area contributed by atoms with Crippen molar-refractivity contribution >= 4 is 11.6 Å². The zero-order valence-electron chi connectivity index (χ0n) is 11.5. The van der Waals surface area contributed by atoms with Gasteiger partial charge in [0.2, 0.25) is 5.91 Å². The number of carbonyl (C=O) groups excluding carboxylic acids is 1. The fourth-order valence-electron chi connectivity index (χ4n) is 2.23. The molecule has 1 N–H and O–H groups in total. The van der Waals surface area contributed by atoms with Gasteiger partial charge >= 0.3 is 0 Å². The van der Waals surface area contributed by atoms with Crippen molar-refractivity contribution in [3.05, 3.63) is 24.0 Å². The molecule has 1 unspecified atom stereocenters. The van der Waals surface area contributed by atoms with Gasteiger partial charge in [0.25, 0.3) is 0 Å². The summed E-state index contributed by atoms with van der Waals surface area (Å²) in [4.78, 5) is 17.8. The number of rotatable bonds is 2. The van der Waals surface area contributed by atoms with E-state index in [1.54, 1.807) is 12.3 Å². The summed E-state index contributed by atoms with van der Waals surface area (Å²) in [6.07, 6.45) is 2.13. The van der Waals surface area contributed by atoms with Crippen LogP contribution in [0.3, 0.4) is 0 Å². The molecular weight excluding hydrogens is 240 g/mol. The van der Waals surface area contributed by atoms with Crippen molar-refractivity contribution in [2.45, 2.75) is 38.8 Å². The largest absolute Gasteiger partial charge is 0.379 e. The number of nitrogens with one attached hydrogen (secondary N) is 1. The number of likely N-dealkylation sites (tertiary alicyclic amines) is 1. The fraction of sp³-hybridized carbons (Fsp3) is 0.500. The molecule has 1 aliphatic rings. The number of aromatic nitrogens is 1. The molecule has 19 heavy (non-hydrogen) atoms. The van der Waals surface area contributed by atoms with Crippen molar-refractivity contribution < 1.29 is 4.79 Å². The zero-order chi connectivity index (χ0) is 14.0. The van der Waals surface area contributed by atoms with Gasteiger partial charge in [0.15, 0.2) is 0 Å². The Balaban J connectivity index is 2.01. The summed E-state index contributed by atoms with van der Waals surface area (Å²) in [6, 6.07) is 5.56. The highest BCUT2D eigenvalue weighted by Gasteiger charge is 2.36. The lowest BCUT2D eigenvalue weighted by atomic mass is 10.1. The third-order valence-electron chi connectivity index (χ3n) is 3.18. The summed E-state index contributed by atoms with van der Waals surface area (Å²) in [5.41, 5.74) is 1.09. The van der Waals surface area contributed by atoms with Gasteiger partial charge in [-0.05, 0) is 32.9 Å². The fourth-order valence-corrected chi connectivity index (χ4v) is 2.23. The molecule has 1 aliphatic heterocycles. The molecule has 1 atom stereocenters. The van der Waals surface area contributed by atoms with Gasteiger partial charge in [-0.25, -0.2) is 4.98 Å². The predicted octanol–water partition coefficient (Wildman–Crippen LogP) is 1.76. The van der Waals surface area contributed by atoms with Crippen LogP contribution in [0.15, 0.2) is 18.3 Å². The summed E-state index contributed by atoms with van der Waals surface area (Å²) in [7, 11) is 0. The second-order valence-electron chi connectivity index (χ2n) is 5.76. The lowest BCUT2D eigenvalue weighted by Crippen LogP contribution is -2.43. The van der Waals surface area contributed by atoms with Crippen LogP contribution in [0, 0.1) is 11.3 Å². The van der Waals surface area contributed by atoms with Crippen LogP contribution in [0.5, 0.6) is 0 Å². The van der Waals surface area contributed by atoms with Crippen molar-refractivity contribution in [2.75, 3.05) is 11.9 Å². The van der Waals surface area contributed by atoms with Crippen LogP contribution in [-0.2, 0) is 4.79 Å². The van der Waals surface area contributed by atoms with Crippen LogP contribution in [0.25, 0.3) is 0 Å². The maximum absolute atomic E-state index is 11.9. The van der Waals surface area contributed by atoms with E-state index in [4.69, 9.17) is 5.26 Å². The minimum absolute atomic E-state index is 0.0986. The van der Waals surface area contributed by atoms with Gasteiger partial charge in [-0.3, -0.25) is 4.79 Å². The van der Waals surface area contributed by atoms with E-state index in [1.807, 2.05) is 37.8 Å². The molecule has 0 aromatic carbocycles. The Labute approximate surface area is 113 Å². The van der Waals surface area contributed by atoms with Crippen molar-refractivity contribution in [2.24, 2.45) is 0 Å². The molecule has 0 bridgehead atoms. The molecule has 1 aromatic heterocycles. The topological polar surface area (TPSA) is 69.0 Å². The van der Waals surface area contributed by atoms with Crippen LogP contribution in [0.1, 0.15) is 32.9 Å². The molecule has 1 aromatic rings. The zero-order valence-corrected chi connectivity index (χ0v) is 11.5. The number of hydrogen-bond acceptors (Lipinski definition) is 4. The van der Waals surface area contributed by atoms with E-state index in [-0.39, 0.29) is 17.5 Å². The first kappa shape index (κ1) is 13.3. The molecule has 1 saturated heterocycles. The Morgan fingerprint density at radius 3 is 2.68 bits per heavy atom. The van der Waals surface area contributed by atoms with Crippen LogP contribution in [0.2, 0.25) is 0 Å². The molecule has 0 saturated carbocycles. The predicted molar refractivity (Wildman–Crippen MR) is 72.4 cm³/mol. The molecule has 5 nitrogen and oxygen atoms in total. The lowest BCUT2D eigenvalue weighted by Gasteiger charge is -2.32. The van der Waals surface area contributed by atoms with Crippen molar-refractivity contribution in [1.29, 1.82) is 5.26 Å². The Bertz CT molecular complexity index is 510. The summed E-state index contributed by atoms with van der Waals surface area (Å²) < 4.78 is 0. The van der Waals surface area contributed by atoms with Crippen LogP contribution < -0.4 is 5.32 Å².